The molecule has 0 amide bonds. The number of benzene rings is 1. The van der Waals surface area contributed by atoms with Crippen molar-refractivity contribution in [3.8, 4) is 11.4 Å². The van der Waals surface area contributed by atoms with Gasteiger partial charge in [-0.15, -0.1) is 13.2 Å². The number of rotatable bonds is 4. The number of hydrogen-bond acceptors (Lipinski definition) is 4. The third-order valence-electron chi connectivity index (χ3n) is 2.71. The van der Waals surface area contributed by atoms with Gasteiger partial charge in [-0.1, -0.05) is 30.1 Å². The van der Waals surface area contributed by atoms with Gasteiger partial charge in [-0.25, -0.2) is 4.68 Å². The number of aromatic nitrogens is 2. The first-order valence-corrected chi connectivity index (χ1v) is 8.18. The van der Waals surface area contributed by atoms with Crippen molar-refractivity contribution in [3.05, 3.63) is 28.4 Å². The van der Waals surface area contributed by atoms with Crippen LogP contribution < -0.4 is 10.5 Å². The molecule has 0 spiro atoms. The zero-order valence-electron chi connectivity index (χ0n) is 11.5. The number of nitrogen functional groups attached to an aromatic ring is 1. The molecule has 1 aromatic carbocycles. The second kappa shape index (κ2) is 6.58. The Morgan fingerprint density at radius 1 is 1.35 bits per heavy atom. The highest BCUT2D eigenvalue weighted by atomic mass is 35.5. The molecule has 11 heteroatoms. The summed E-state index contributed by atoms with van der Waals surface area (Å²) in [6.07, 6.45) is -3.58. The fraction of sp³-hybridized carbons (Fsp3) is 0.250. The quantitative estimate of drug-likeness (QED) is 0.866. The Balaban J connectivity index is 2.49. The Hall–Kier alpha value is -1.45. The van der Waals surface area contributed by atoms with Gasteiger partial charge in [-0.2, -0.15) is 5.10 Å². The third kappa shape index (κ3) is 3.91. The lowest BCUT2D eigenvalue weighted by molar-refractivity contribution is -0.274. The Labute approximate surface area is 141 Å². The van der Waals surface area contributed by atoms with Crippen LogP contribution in [0.1, 0.15) is 6.92 Å². The fourth-order valence-corrected chi connectivity index (χ4v) is 3.21. The van der Waals surface area contributed by atoms with Gasteiger partial charge in [0.25, 0.3) is 0 Å². The van der Waals surface area contributed by atoms with Crippen LogP contribution in [-0.4, -0.2) is 26.1 Å². The summed E-state index contributed by atoms with van der Waals surface area (Å²) in [6, 6.07) is 1.88. The van der Waals surface area contributed by atoms with Crippen molar-refractivity contribution in [2.45, 2.75) is 18.2 Å². The average molecular weight is 388 g/mol. The molecule has 0 fully saturated rings. The predicted octanol–water partition coefficient (Wildman–Crippen LogP) is 3.79. The smallest absolute Gasteiger partial charge is 0.406 e. The number of halogens is 5. The van der Waals surface area contributed by atoms with E-state index in [1.807, 2.05) is 0 Å². The molecule has 5 nitrogen and oxygen atoms in total. The van der Waals surface area contributed by atoms with Crippen LogP contribution in [0, 0.1) is 0 Å². The molecule has 2 aromatic rings. The van der Waals surface area contributed by atoms with Crippen molar-refractivity contribution >= 4 is 39.8 Å². The van der Waals surface area contributed by atoms with E-state index in [1.54, 1.807) is 6.92 Å². The maximum Gasteiger partial charge on any atom is 0.573 e. The van der Waals surface area contributed by atoms with Crippen LogP contribution in [0.4, 0.5) is 19.0 Å². The van der Waals surface area contributed by atoms with Gasteiger partial charge in [0.15, 0.2) is 0 Å². The summed E-state index contributed by atoms with van der Waals surface area (Å²) in [6.45, 7) is 1.70. The average Bonchev–Trinajstić information content (AvgIpc) is 2.77. The van der Waals surface area contributed by atoms with Gasteiger partial charge in [-0.05, 0) is 0 Å². The molecule has 0 bridgehead atoms. The molecule has 0 saturated carbocycles. The van der Waals surface area contributed by atoms with E-state index in [1.165, 1.54) is 6.20 Å². The molecular weight excluding hydrogens is 378 g/mol. The van der Waals surface area contributed by atoms with Gasteiger partial charge >= 0.3 is 6.36 Å². The second-order valence-electron chi connectivity index (χ2n) is 4.22. The van der Waals surface area contributed by atoms with Crippen LogP contribution >= 0.6 is 23.2 Å². The molecule has 1 atom stereocenters. The lowest BCUT2D eigenvalue weighted by Crippen LogP contribution is -2.17. The number of hydrogen-bond donors (Lipinski definition) is 1. The zero-order chi connectivity index (χ0) is 17.4. The summed E-state index contributed by atoms with van der Waals surface area (Å²) in [4.78, 5) is 0.287. The molecule has 0 aliphatic heterocycles. The van der Waals surface area contributed by atoms with Crippen molar-refractivity contribution in [3.63, 3.8) is 0 Å². The summed E-state index contributed by atoms with van der Waals surface area (Å²) < 4.78 is 53.4. The normalized spacial score (nSPS) is 13.1. The van der Waals surface area contributed by atoms with Gasteiger partial charge in [0.2, 0.25) is 0 Å². The maximum atomic E-state index is 12.2. The van der Waals surface area contributed by atoms with Crippen LogP contribution in [0.25, 0.3) is 5.69 Å². The number of alkyl halides is 3. The lowest BCUT2D eigenvalue weighted by atomic mass is 10.3. The standard InChI is InChI=1S/C12H10Cl2F3N3O2S/c1-2-23(21)9-5-19-20(11(9)18)10-7(13)3-6(4-8(10)14)22-12(15,16)17/h3-5H,2,18H2,1H3. The Morgan fingerprint density at radius 2 is 1.91 bits per heavy atom. The van der Waals surface area contributed by atoms with E-state index >= 15 is 0 Å². The van der Waals surface area contributed by atoms with E-state index < -0.39 is 22.9 Å². The molecule has 0 radical (unpaired) electrons. The summed E-state index contributed by atoms with van der Waals surface area (Å²) in [5.74, 6) is -0.201. The van der Waals surface area contributed by atoms with E-state index in [0.29, 0.717) is 5.75 Å². The Kier molecular flexibility index (Phi) is 5.12. The predicted molar refractivity (Wildman–Crippen MR) is 81.6 cm³/mol. The summed E-state index contributed by atoms with van der Waals surface area (Å²) in [5, 5.41) is 3.64. The molecule has 126 valence electrons. The monoisotopic (exact) mass is 387 g/mol. The molecular formula is C12H10Cl2F3N3O2S. The van der Waals surface area contributed by atoms with Gasteiger partial charge in [0.05, 0.1) is 27.0 Å². The van der Waals surface area contributed by atoms with Crippen LogP contribution in [0.3, 0.4) is 0 Å². The van der Waals surface area contributed by atoms with Gasteiger partial charge in [0, 0.05) is 17.9 Å². The van der Waals surface area contributed by atoms with Crippen molar-refractivity contribution in [2.75, 3.05) is 11.5 Å². The fourth-order valence-electron chi connectivity index (χ4n) is 1.79. The van der Waals surface area contributed by atoms with Crippen molar-refractivity contribution < 1.29 is 22.1 Å². The molecule has 0 aliphatic carbocycles. The Morgan fingerprint density at radius 3 is 2.39 bits per heavy atom. The molecule has 2 N–H and O–H groups in total. The van der Waals surface area contributed by atoms with E-state index in [0.717, 1.165) is 16.8 Å². The number of nitrogens with two attached hydrogens (primary N) is 1. The molecule has 1 heterocycles. The van der Waals surface area contributed by atoms with E-state index in [4.69, 9.17) is 28.9 Å². The summed E-state index contributed by atoms with van der Waals surface area (Å²) in [7, 11) is -1.35. The summed E-state index contributed by atoms with van der Waals surface area (Å²) >= 11 is 11.9. The van der Waals surface area contributed by atoms with Gasteiger partial charge in [-0.3, -0.25) is 4.21 Å². The number of nitrogens with zero attached hydrogens (tertiary/aromatic N) is 2. The SMILES string of the molecule is CCS(=O)c1cnn(-c2c(Cl)cc(OC(F)(F)F)cc2Cl)c1N. The largest absolute Gasteiger partial charge is 0.573 e. The second-order valence-corrected chi connectivity index (χ2v) is 6.75. The van der Waals surface area contributed by atoms with Gasteiger partial charge in [0.1, 0.15) is 22.2 Å². The molecule has 2 rings (SSSR count). The number of anilines is 1. The minimum Gasteiger partial charge on any atom is -0.406 e. The zero-order valence-corrected chi connectivity index (χ0v) is 13.9. The minimum atomic E-state index is -4.87. The highest BCUT2D eigenvalue weighted by Crippen LogP contribution is 2.36. The van der Waals surface area contributed by atoms with Crippen LogP contribution in [0.15, 0.2) is 23.2 Å². The first-order valence-electron chi connectivity index (χ1n) is 6.11. The summed E-state index contributed by atoms with van der Waals surface area (Å²) in [5.41, 5.74) is 5.94. The van der Waals surface area contributed by atoms with E-state index in [9.17, 15) is 17.4 Å². The molecule has 0 saturated heterocycles. The Bertz CT molecular complexity index is 741. The van der Waals surface area contributed by atoms with Crippen molar-refractivity contribution in [2.24, 2.45) is 0 Å². The van der Waals surface area contributed by atoms with E-state index in [2.05, 4.69) is 9.84 Å². The van der Waals surface area contributed by atoms with Crippen molar-refractivity contribution in [1.82, 2.24) is 9.78 Å². The minimum absolute atomic E-state index is 0.0403. The number of ether oxygens (including phenoxy) is 1. The maximum absolute atomic E-state index is 12.2. The van der Waals surface area contributed by atoms with Crippen molar-refractivity contribution in [1.29, 1.82) is 0 Å². The van der Waals surface area contributed by atoms with Crippen LogP contribution in [0.5, 0.6) is 5.75 Å². The van der Waals surface area contributed by atoms with Crippen LogP contribution in [-0.2, 0) is 10.8 Å². The molecule has 0 aliphatic rings. The van der Waals surface area contributed by atoms with E-state index in [-0.39, 0.29) is 26.4 Å². The third-order valence-corrected chi connectivity index (χ3v) is 4.62. The van der Waals surface area contributed by atoms with Crippen LogP contribution in [0.2, 0.25) is 10.0 Å². The van der Waals surface area contributed by atoms with Gasteiger partial charge < -0.3 is 10.5 Å². The molecule has 1 unspecified atom stereocenters. The first-order chi connectivity index (χ1) is 10.6. The molecule has 23 heavy (non-hydrogen) atoms. The lowest BCUT2D eigenvalue weighted by Gasteiger charge is -2.13. The molecule has 1 aromatic heterocycles. The topological polar surface area (TPSA) is 70.1 Å². The highest BCUT2D eigenvalue weighted by Gasteiger charge is 2.32. The first kappa shape index (κ1) is 17.9. The highest BCUT2D eigenvalue weighted by molar-refractivity contribution is 7.85.